The Labute approximate surface area is 93.5 Å². The first kappa shape index (κ1) is 11.3. The van der Waals surface area contributed by atoms with Crippen LogP contribution < -0.4 is 0 Å². The Hall–Kier alpha value is 0.180. The lowest BCUT2D eigenvalue weighted by atomic mass is 9.77. The number of hydrogen-bond acceptors (Lipinski definition) is 1. The molecule has 0 fully saturated rings. The minimum Gasteiger partial charge on any atom is -0.152 e. The summed E-state index contributed by atoms with van der Waals surface area (Å²) in [6, 6.07) is 2.23. The van der Waals surface area contributed by atoms with Crippen LogP contribution in [0.15, 0.2) is 16.8 Å². The van der Waals surface area contributed by atoms with Crippen LogP contribution >= 0.6 is 27.3 Å². The van der Waals surface area contributed by atoms with Gasteiger partial charge in [-0.1, -0.05) is 36.7 Å². The fraction of sp³-hybridized carbons (Fsp3) is 0.636. The third kappa shape index (κ3) is 2.81. The largest absolute Gasteiger partial charge is 0.152 e. The molecule has 13 heavy (non-hydrogen) atoms. The predicted octanol–water partition coefficient (Wildman–Crippen LogP) is 4.35. The van der Waals surface area contributed by atoms with Crippen LogP contribution in [0.25, 0.3) is 0 Å². The van der Waals surface area contributed by atoms with Crippen molar-refractivity contribution < 1.29 is 0 Å². The van der Waals surface area contributed by atoms with Gasteiger partial charge in [0.2, 0.25) is 0 Å². The van der Waals surface area contributed by atoms with Gasteiger partial charge in [0.25, 0.3) is 0 Å². The second-order valence-electron chi connectivity index (χ2n) is 4.25. The number of rotatable bonds is 4. The molecule has 1 aromatic heterocycles. The van der Waals surface area contributed by atoms with E-state index in [1.807, 2.05) is 0 Å². The highest BCUT2D eigenvalue weighted by atomic mass is 79.9. The highest BCUT2D eigenvalue weighted by Gasteiger charge is 2.27. The molecule has 0 bridgehead atoms. The van der Waals surface area contributed by atoms with Crippen molar-refractivity contribution in [3.63, 3.8) is 0 Å². The molecule has 0 nitrogen and oxygen atoms in total. The standard InChI is InChI=1S/C11H17BrS/c1-9(2)11(3,8-12)6-10-4-5-13-7-10/h4-5,7,9H,6,8H2,1-3H3. The van der Waals surface area contributed by atoms with E-state index in [-0.39, 0.29) is 0 Å². The number of thiophene rings is 1. The Morgan fingerprint density at radius 1 is 1.54 bits per heavy atom. The SMILES string of the molecule is CC(C)C(C)(CBr)Cc1ccsc1. The molecule has 0 saturated heterocycles. The summed E-state index contributed by atoms with van der Waals surface area (Å²) in [5.74, 6) is 0.715. The lowest BCUT2D eigenvalue weighted by Gasteiger charge is -2.31. The summed E-state index contributed by atoms with van der Waals surface area (Å²) in [7, 11) is 0. The molecular weight excluding hydrogens is 244 g/mol. The number of hydrogen-bond donors (Lipinski definition) is 0. The number of halogens is 1. The molecule has 0 aromatic carbocycles. The van der Waals surface area contributed by atoms with E-state index < -0.39 is 0 Å². The normalized spacial score (nSPS) is 16.1. The van der Waals surface area contributed by atoms with Crippen LogP contribution in [0.4, 0.5) is 0 Å². The molecule has 0 N–H and O–H groups in total. The van der Waals surface area contributed by atoms with E-state index >= 15 is 0 Å². The highest BCUT2D eigenvalue weighted by Crippen LogP contribution is 2.33. The van der Waals surface area contributed by atoms with Crippen LogP contribution in [-0.2, 0) is 6.42 Å². The molecule has 1 unspecified atom stereocenters. The lowest BCUT2D eigenvalue weighted by molar-refractivity contribution is 0.258. The Kier molecular flexibility index (Phi) is 3.99. The molecule has 0 amide bonds. The predicted molar refractivity (Wildman–Crippen MR) is 64.8 cm³/mol. The molecule has 1 heterocycles. The van der Waals surface area contributed by atoms with Gasteiger partial charge in [0.1, 0.15) is 0 Å². The van der Waals surface area contributed by atoms with Crippen molar-refractivity contribution in [1.29, 1.82) is 0 Å². The van der Waals surface area contributed by atoms with Gasteiger partial charge in [0.15, 0.2) is 0 Å². The summed E-state index contributed by atoms with van der Waals surface area (Å²) in [5.41, 5.74) is 1.86. The molecule has 0 radical (unpaired) electrons. The molecule has 0 aliphatic carbocycles. The molecule has 0 aliphatic heterocycles. The molecule has 0 aliphatic rings. The van der Waals surface area contributed by atoms with E-state index in [2.05, 4.69) is 53.5 Å². The molecule has 0 saturated carbocycles. The van der Waals surface area contributed by atoms with Crippen LogP contribution in [-0.4, -0.2) is 5.33 Å². The van der Waals surface area contributed by atoms with Crippen molar-refractivity contribution in [2.45, 2.75) is 27.2 Å². The first-order valence-corrected chi connectivity index (χ1v) is 6.72. The summed E-state index contributed by atoms with van der Waals surface area (Å²) in [4.78, 5) is 0. The van der Waals surface area contributed by atoms with Gasteiger partial charge < -0.3 is 0 Å². The quantitative estimate of drug-likeness (QED) is 0.707. The van der Waals surface area contributed by atoms with Gasteiger partial charge in [0, 0.05) is 5.33 Å². The molecule has 0 spiro atoms. The Morgan fingerprint density at radius 3 is 2.62 bits per heavy atom. The van der Waals surface area contributed by atoms with Gasteiger partial charge in [-0.25, -0.2) is 0 Å². The minimum atomic E-state index is 0.390. The monoisotopic (exact) mass is 260 g/mol. The maximum absolute atomic E-state index is 3.62. The first-order valence-electron chi connectivity index (χ1n) is 4.65. The second-order valence-corrected chi connectivity index (χ2v) is 5.59. The smallest absolute Gasteiger partial charge is 0.00909 e. The second kappa shape index (κ2) is 4.61. The summed E-state index contributed by atoms with van der Waals surface area (Å²) in [6.45, 7) is 6.95. The fourth-order valence-corrected chi connectivity index (χ4v) is 2.78. The van der Waals surface area contributed by atoms with Crippen molar-refractivity contribution >= 4 is 27.3 Å². The summed E-state index contributed by atoms with van der Waals surface area (Å²) >= 11 is 5.41. The van der Waals surface area contributed by atoms with Crippen LogP contribution in [0.2, 0.25) is 0 Å². The van der Waals surface area contributed by atoms with Crippen molar-refractivity contribution in [3.05, 3.63) is 22.4 Å². The van der Waals surface area contributed by atoms with E-state index in [9.17, 15) is 0 Å². The van der Waals surface area contributed by atoms with Gasteiger partial charge in [0.05, 0.1) is 0 Å². The van der Waals surface area contributed by atoms with E-state index in [0.29, 0.717) is 11.3 Å². The topological polar surface area (TPSA) is 0 Å². The maximum Gasteiger partial charge on any atom is 0.00909 e. The Balaban J connectivity index is 2.69. The van der Waals surface area contributed by atoms with Gasteiger partial charge in [-0.05, 0) is 40.1 Å². The van der Waals surface area contributed by atoms with Gasteiger partial charge >= 0.3 is 0 Å². The van der Waals surface area contributed by atoms with E-state index in [4.69, 9.17) is 0 Å². The summed E-state index contributed by atoms with van der Waals surface area (Å²) in [5, 5.41) is 5.49. The fourth-order valence-electron chi connectivity index (χ4n) is 1.27. The van der Waals surface area contributed by atoms with Crippen LogP contribution in [0.3, 0.4) is 0 Å². The molecule has 2 heteroatoms. The zero-order chi connectivity index (χ0) is 9.90. The Bertz CT molecular complexity index is 241. The van der Waals surface area contributed by atoms with Crippen LogP contribution in [0, 0.1) is 11.3 Å². The summed E-state index contributed by atoms with van der Waals surface area (Å²) in [6.07, 6.45) is 1.18. The minimum absolute atomic E-state index is 0.390. The van der Waals surface area contributed by atoms with Crippen LogP contribution in [0.1, 0.15) is 26.3 Å². The molecule has 1 rings (SSSR count). The zero-order valence-corrected chi connectivity index (χ0v) is 10.9. The van der Waals surface area contributed by atoms with Gasteiger partial charge in [-0.3, -0.25) is 0 Å². The maximum atomic E-state index is 3.62. The molecule has 1 aromatic rings. The van der Waals surface area contributed by atoms with E-state index in [1.54, 1.807) is 11.3 Å². The van der Waals surface area contributed by atoms with Crippen LogP contribution in [0.5, 0.6) is 0 Å². The third-order valence-corrected chi connectivity index (χ3v) is 4.90. The molecular formula is C11H17BrS. The highest BCUT2D eigenvalue weighted by molar-refractivity contribution is 9.09. The van der Waals surface area contributed by atoms with Crippen molar-refractivity contribution in [1.82, 2.24) is 0 Å². The zero-order valence-electron chi connectivity index (χ0n) is 8.51. The van der Waals surface area contributed by atoms with Gasteiger partial charge in [-0.2, -0.15) is 11.3 Å². The Morgan fingerprint density at radius 2 is 2.23 bits per heavy atom. The molecule has 74 valence electrons. The van der Waals surface area contributed by atoms with E-state index in [1.165, 1.54) is 12.0 Å². The van der Waals surface area contributed by atoms with Gasteiger partial charge in [-0.15, -0.1) is 0 Å². The molecule has 1 atom stereocenters. The lowest BCUT2D eigenvalue weighted by Crippen LogP contribution is -2.27. The third-order valence-electron chi connectivity index (χ3n) is 2.89. The summed E-state index contributed by atoms with van der Waals surface area (Å²) < 4.78 is 0. The average molecular weight is 261 g/mol. The van der Waals surface area contributed by atoms with Crippen molar-refractivity contribution in [2.75, 3.05) is 5.33 Å². The van der Waals surface area contributed by atoms with E-state index in [0.717, 1.165) is 5.33 Å². The van der Waals surface area contributed by atoms with Crippen molar-refractivity contribution in [3.8, 4) is 0 Å². The number of alkyl halides is 1. The average Bonchev–Trinajstić information content (AvgIpc) is 2.56. The first-order chi connectivity index (χ1) is 6.08. The van der Waals surface area contributed by atoms with Crippen molar-refractivity contribution in [2.24, 2.45) is 11.3 Å².